The molecule has 1 aliphatic heterocycles. The molecule has 0 saturated carbocycles. The number of anilines is 1. The van der Waals surface area contributed by atoms with Gasteiger partial charge in [-0.15, -0.1) is 0 Å². The van der Waals surface area contributed by atoms with Crippen LogP contribution < -0.4 is 5.32 Å². The van der Waals surface area contributed by atoms with Crippen molar-refractivity contribution in [2.24, 2.45) is 0 Å². The summed E-state index contributed by atoms with van der Waals surface area (Å²) in [6.45, 7) is 4.01. The van der Waals surface area contributed by atoms with Gasteiger partial charge in [0.25, 0.3) is 0 Å². The lowest BCUT2D eigenvalue weighted by Gasteiger charge is -2.24. The minimum Gasteiger partial charge on any atom is -0.311 e. The van der Waals surface area contributed by atoms with E-state index in [1.54, 1.807) is 35.1 Å². The zero-order chi connectivity index (χ0) is 16.8. The maximum absolute atomic E-state index is 12.1. The van der Waals surface area contributed by atoms with Gasteiger partial charge in [-0.05, 0) is 31.5 Å². The molecule has 2 aromatic rings. The summed E-state index contributed by atoms with van der Waals surface area (Å²) >= 11 is 0. The predicted molar refractivity (Wildman–Crippen MR) is 87.3 cm³/mol. The summed E-state index contributed by atoms with van der Waals surface area (Å²) in [6.07, 6.45) is 3.29. The number of hydrogen-bond donors (Lipinski definition) is 1. The Morgan fingerprint density at radius 3 is 2.48 bits per heavy atom. The highest BCUT2D eigenvalue weighted by molar-refractivity contribution is 7.90. The number of amides is 1. The van der Waals surface area contributed by atoms with Gasteiger partial charge >= 0.3 is 0 Å². The zero-order valence-electron chi connectivity index (χ0n) is 13.3. The fraction of sp³-hybridized carbons (Fsp3) is 0.375. The van der Waals surface area contributed by atoms with Gasteiger partial charge in [0.1, 0.15) is 5.82 Å². The number of aromatic nitrogens is 2. The Bertz CT molecular complexity index is 851. The molecule has 0 spiro atoms. The topological polar surface area (TPSA) is 81.1 Å². The van der Waals surface area contributed by atoms with Gasteiger partial charge in [-0.25, -0.2) is 13.1 Å². The Labute approximate surface area is 135 Å². The molecular weight excluding hydrogens is 314 g/mol. The number of rotatable bonds is 3. The standard InChI is InChI=1S/C16H19N3O3S/c1-10(2)19-16-14(9-17-19)13(8-15(20)18-16)11-4-6-12(7-5-11)23(3,21)22/h4-7,9-10,13H,8H2,1-3H3,(H,18,20)/t13-/m1/s1. The number of nitrogens with zero attached hydrogens (tertiary/aromatic N) is 2. The summed E-state index contributed by atoms with van der Waals surface area (Å²) in [5.41, 5.74) is 1.88. The van der Waals surface area contributed by atoms with E-state index < -0.39 is 9.84 Å². The van der Waals surface area contributed by atoms with Crippen molar-refractivity contribution in [3.05, 3.63) is 41.6 Å². The van der Waals surface area contributed by atoms with Crippen molar-refractivity contribution in [1.82, 2.24) is 9.78 Å². The molecule has 6 nitrogen and oxygen atoms in total. The van der Waals surface area contributed by atoms with Crippen molar-refractivity contribution in [2.45, 2.75) is 37.1 Å². The van der Waals surface area contributed by atoms with Crippen LogP contribution in [0, 0.1) is 0 Å². The SMILES string of the molecule is CC(C)n1ncc2c1NC(=O)C[C@@H]2c1ccc(S(C)(=O)=O)cc1. The third-order valence-corrected chi connectivity index (χ3v) is 5.17. The second-order valence-electron chi connectivity index (χ2n) is 6.13. The predicted octanol–water partition coefficient (Wildman–Crippen LogP) is 2.34. The molecule has 1 aliphatic rings. The molecular formula is C16H19N3O3S. The number of fused-ring (bicyclic) bond motifs is 1. The fourth-order valence-corrected chi connectivity index (χ4v) is 3.51. The minimum atomic E-state index is -3.22. The molecule has 2 heterocycles. The van der Waals surface area contributed by atoms with Crippen LogP contribution in [-0.4, -0.2) is 30.4 Å². The lowest BCUT2D eigenvalue weighted by atomic mass is 9.87. The van der Waals surface area contributed by atoms with Gasteiger partial charge in [-0.3, -0.25) is 4.79 Å². The van der Waals surface area contributed by atoms with Crippen molar-refractivity contribution >= 4 is 21.6 Å². The molecule has 0 fully saturated rings. The third kappa shape index (κ3) is 2.88. The molecule has 7 heteroatoms. The summed E-state index contributed by atoms with van der Waals surface area (Å²) in [6, 6.07) is 6.87. The maximum Gasteiger partial charge on any atom is 0.226 e. The van der Waals surface area contributed by atoms with Crippen LogP contribution in [0.5, 0.6) is 0 Å². The highest BCUT2D eigenvalue weighted by atomic mass is 32.2. The first-order valence-corrected chi connectivity index (χ1v) is 9.34. The molecule has 1 aromatic heterocycles. The van der Waals surface area contributed by atoms with Gasteiger partial charge in [0.15, 0.2) is 9.84 Å². The minimum absolute atomic E-state index is 0.0583. The van der Waals surface area contributed by atoms with E-state index in [1.165, 1.54) is 6.26 Å². The van der Waals surface area contributed by atoms with Gasteiger partial charge in [0, 0.05) is 30.2 Å². The van der Waals surface area contributed by atoms with Crippen LogP contribution in [0.25, 0.3) is 0 Å². The highest BCUT2D eigenvalue weighted by Gasteiger charge is 2.30. The second kappa shape index (κ2) is 5.49. The van der Waals surface area contributed by atoms with E-state index in [1.807, 2.05) is 13.8 Å². The summed E-state index contributed by atoms with van der Waals surface area (Å²) in [5.74, 6) is 0.561. The van der Waals surface area contributed by atoms with E-state index in [9.17, 15) is 13.2 Å². The number of carbonyl (C=O) groups is 1. The Kier molecular flexibility index (Phi) is 3.75. The van der Waals surface area contributed by atoms with Crippen LogP contribution >= 0.6 is 0 Å². The summed E-state index contributed by atoms with van der Waals surface area (Å²) < 4.78 is 24.9. The average Bonchev–Trinajstić information content (AvgIpc) is 2.89. The zero-order valence-corrected chi connectivity index (χ0v) is 14.1. The van der Waals surface area contributed by atoms with Crippen LogP contribution in [0.4, 0.5) is 5.82 Å². The van der Waals surface area contributed by atoms with Crippen LogP contribution in [0.15, 0.2) is 35.4 Å². The summed E-state index contributed by atoms with van der Waals surface area (Å²) in [5, 5.41) is 7.26. The van der Waals surface area contributed by atoms with Crippen LogP contribution in [0.1, 0.15) is 43.4 Å². The lowest BCUT2D eigenvalue weighted by Crippen LogP contribution is -2.25. The summed E-state index contributed by atoms with van der Waals surface area (Å²) in [7, 11) is -3.22. The molecule has 1 aromatic carbocycles. The van der Waals surface area contributed by atoms with Gasteiger partial charge in [0.2, 0.25) is 5.91 Å². The normalized spacial score (nSPS) is 17.9. The van der Waals surface area contributed by atoms with Crippen molar-refractivity contribution in [3.63, 3.8) is 0 Å². The van der Waals surface area contributed by atoms with Crippen molar-refractivity contribution in [1.29, 1.82) is 0 Å². The molecule has 3 rings (SSSR count). The molecule has 1 N–H and O–H groups in total. The highest BCUT2D eigenvalue weighted by Crippen LogP contribution is 2.38. The fourth-order valence-electron chi connectivity index (χ4n) is 2.87. The Balaban J connectivity index is 2.03. The molecule has 122 valence electrons. The smallest absolute Gasteiger partial charge is 0.226 e. The first kappa shape index (κ1) is 15.7. The summed E-state index contributed by atoms with van der Waals surface area (Å²) in [4.78, 5) is 12.3. The molecule has 0 unspecified atom stereocenters. The number of nitrogens with one attached hydrogen (secondary N) is 1. The van der Waals surface area contributed by atoms with E-state index in [0.717, 1.165) is 16.9 Å². The molecule has 1 amide bonds. The maximum atomic E-state index is 12.1. The van der Waals surface area contributed by atoms with Crippen LogP contribution in [0.3, 0.4) is 0 Å². The van der Waals surface area contributed by atoms with Crippen molar-refractivity contribution in [2.75, 3.05) is 11.6 Å². The van der Waals surface area contributed by atoms with Crippen LogP contribution in [0.2, 0.25) is 0 Å². The number of sulfone groups is 1. The van der Waals surface area contributed by atoms with E-state index in [-0.39, 0.29) is 22.8 Å². The first-order valence-electron chi connectivity index (χ1n) is 7.44. The first-order chi connectivity index (χ1) is 10.8. The Morgan fingerprint density at radius 2 is 1.91 bits per heavy atom. The van der Waals surface area contributed by atoms with Gasteiger partial charge in [-0.1, -0.05) is 12.1 Å². The monoisotopic (exact) mass is 333 g/mol. The third-order valence-electron chi connectivity index (χ3n) is 4.05. The molecule has 1 atom stereocenters. The van der Waals surface area contributed by atoms with Crippen molar-refractivity contribution in [3.8, 4) is 0 Å². The number of hydrogen-bond acceptors (Lipinski definition) is 4. The Morgan fingerprint density at radius 1 is 1.26 bits per heavy atom. The van der Waals surface area contributed by atoms with E-state index in [2.05, 4.69) is 10.4 Å². The second-order valence-corrected chi connectivity index (χ2v) is 8.15. The molecule has 0 bridgehead atoms. The van der Waals surface area contributed by atoms with Gasteiger partial charge < -0.3 is 5.32 Å². The van der Waals surface area contributed by atoms with Gasteiger partial charge in [-0.2, -0.15) is 5.10 Å². The van der Waals surface area contributed by atoms with Crippen molar-refractivity contribution < 1.29 is 13.2 Å². The lowest BCUT2D eigenvalue weighted by molar-refractivity contribution is -0.116. The van der Waals surface area contributed by atoms with E-state index >= 15 is 0 Å². The van der Waals surface area contributed by atoms with E-state index in [4.69, 9.17) is 0 Å². The molecule has 23 heavy (non-hydrogen) atoms. The van der Waals surface area contributed by atoms with Crippen LogP contribution in [-0.2, 0) is 14.6 Å². The molecule has 0 saturated heterocycles. The molecule has 0 radical (unpaired) electrons. The Hall–Kier alpha value is -2.15. The number of benzene rings is 1. The number of carbonyl (C=O) groups excluding carboxylic acids is 1. The quantitative estimate of drug-likeness (QED) is 0.935. The molecule has 0 aliphatic carbocycles. The van der Waals surface area contributed by atoms with E-state index in [0.29, 0.717) is 6.42 Å². The average molecular weight is 333 g/mol. The largest absolute Gasteiger partial charge is 0.311 e. The van der Waals surface area contributed by atoms with Gasteiger partial charge in [0.05, 0.1) is 11.1 Å².